The van der Waals surface area contributed by atoms with E-state index in [-0.39, 0.29) is 0 Å². The lowest BCUT2D eigenvalue weighted by atomic mass is 9.72. The van der Waals surface area contributed by atoms with Crippen LogP contribution in [-0.4, -0.2) is 17.2 Å². The van der Waals surface area contributed by atoms with E-state index in [1.165, 1.54) is 11.1 Å². The highest BCUT2D eigenvalue weighted by atomic mass is 16.4. The molecule has 20 heavy (non-hydrogen) atoms. The van der Waals surface area contributed by atoms with Crippen molar-refractivity contribution < 1.29 is 10.0 Å². The van der Waals surface area contributed by atoms with Crippen LogP contribution in [0.3, 0.4) is 0 Å². The average molecular weight is 260 g/mol. The Balaban J connectivity index is 2.13. The lowest BCUT2D eigenvalue weighted by Gasteiger charge is -2.12. The molecule has 1 aliphatic carbocycles. The van der Waals surface area contributed by atoms with Gasteiger partial charge in [-0.15, -0.1) is 0 Å². The number of hydrogen-bond acceptors (Lipinski definition) is 2. The van der Waals surface area contributed by atoms with Gasteiger partial charge in [0.25, 0.3) is 0 Å². The molecule has 0 unspecified atom stereocenters. The summed E-state index contributed by atoms with van der Waals surface area (Å²) < 4.78 is 0. The topological polar surface area (TPSA) is 40.5 Å². The standard InChI is InChI=1S/C17H13BO2/c19-18(20)17-14-8-4-2-6-12(14)9-15-13-7-3-1-5-11(13)10-16(15)17/h1-9,19-20H,10H2. The highest BCUT2D eigenvalue weighted by molar-refractivity contribution is 6.63. The van der Waals surface area contributed by atoms with Crippen LogP contribution < -0.4 is 5.46 Å². The van der Waals surface area contributed by atoms with Crippen LogP contribution in [0.2, 0.25) is 0 Å². The third kappa shape index (κ3) is 1.54. The molecule has 4 rings (SSSR count). The summed E-state index contributed by atoms with van der Waals surface area (Å²) in [5.41, 5.74) is 5.27. The van der Waals surface area contributed by atoms with Crippen molar-refractivity contribution in [3.8, 4) is 11.1 Å². The fourth-order valence-corrected chi connectivity index (χ4v) is 3.27. The largest absolute Gasteiger partial charge is 0.489 e. The van der Waals surface area contributed by atoms with Crippen molar-refractivity contribution in [2.24, 2.45) is 0 Å². The van der Waals surface area contributed by atoms with Crippen molar-refractivity contribution in [1.29, 1.82) is 0 Å². The molecule has 2 nitrogen and oxygen atoms in total. The summed E-state index contributed by atoms with van der Waals surface area (Å²) in [6.45, 7) is 0. The molecule has 0 atom stereocenters. The first-order valence-corrected chi connectivity index (χ1v) is 6.74. The Morgan fingerprint density at radius 2 is 1.60 bits per heavy atom. The van der Waals surface area contributed by atoms with Crippen LogP contribution in [0.15, 0.2) is 54.6 Å². The van der Waals surface area contributed by atoms with Gasteiger partial charge >= 0.3 is 7.12 Å². The van der Waals surface area contributed by atoms with Crippen LogP contribution in [0.4, 0.5) is 0 Å². The van der Waals surface area contributed by atoms with E-state index in [1.54, 1.807) is 0 Å². The number of fused-ring (bicyclic) bond motifs is 4. The Labute approximate surface area is 117 Å². The minimum atomic E-state index is -1.44. The molecule has 0 saturated heterocycles. The molecule has 0 aromatic heterocycles. The van der Waals surface area contributed by atoms with E-state index in [1.807, 2.05) is 36.4 Å². The van der Waals surface area contributed by atoms with Gasteiger partial charge in [0.2, 0.25) is 0 Å². The van der Waals surface area contributed by atoms with Crippen LogP contribution in [0, 0.1) is 0 Å². The minimum Gasteiger partial charge on any atom is -0.423 e. The zero-order chi connectivity index (χ0) is 13.7. The normalized spacial score (nSPS) is 12.3. The van der Waals surface area contributed by atoms with Crippen molar-refractivity contribution in [2.45, 2.75) is 6.42 Å². The van der Waals surface area contributed by atoms with Crippen LogP contribution in [0.25, 0.3) is 21.9 Å². The summed E-state index contributed by atoms with van der Waals surface area (Å²) in [5, 5.41) is 21.6. The first kappa shape index (κ1) is 11.7. The Morgan fingerprint density at radius 1 is 0.850 bits per heavy atom. The van der Waals surface area contributed by atoms with Gasteiger partial charge in [-0.3, -0.25) is 0 Å². The van der Waals surface area contributed by atoms with Gasteiger partial charge in [-0.2, -0.15) is 0 Å². The summed E-state index contributed by atoms with van der Waals surface area (Å²) in [6.07, 6.45) is 0.767. The first-order valence-electron chi connectivity index (χ1n) is 6.74. The molecule has 0 fully saturated rings. The monoisotopic (exact) mass is 260 g/mol. The van der Waals surface area contributed by atoms with Crippen LogP contribution in [0.1, 0.15) is 11.1 Å². The molecule has 0 spiro atoms. The van der Waals surface area contributed by atoms with E-state index in [4.69, 9.17) is 0 Å². The van der Waals surface area contributed by atoms with Crippen LogP contribution >= 0.6 is 0 Å². The molecule has 96 valence electrons. The second-order valence-corrected chi connectivity index (χ2v) is 5.25. The molecule has 0 heterocycles. The van der Waals surface area contributed by atoms with Gasteiger partial charge in [-0.25, -0.2) is 0 Å². The summed E-state index contributed by atoms with van der Waals surface area (Å²) in [5.74, 6) is 0. The molecule has 3 aromatic carbocycles. The van der Waals surface area contributed by atoms with Gasteiger partial charge in [0.05, 0.1) is 0 Å². The molecule has 1 aliphatic rings. The maximum atomic E-state index is 9.82. The molecule has 0 bridgehead atoms. The van der Waals surface area contributed by atoms with Gasteiger partial charge in [-0.1, -0.05) is 48.5 Å². The maximum absolute atomic E-state index is 9.82. The quantitative estimate of drug-likeness (QED) is 0.514. The van der Waals surface area contributed by atoms with Crippen molar-refractivity contribution in [3.63, 3.8) is 0 Å². The highest BCUT2D eigenvalue weighted by Crippen LogP contribution is 2.37. The molecule has 0 radical (unpaired) electrons. The van der Waals surface area contributed by atoms with Gasteiger partial charge in [0.15, 0.2) is 0 Å². The fraction of sp³-hybridized carbons (Fsp3) is 0.0588. The maximum Gasteiger partial charge on any atom is 0.489 e. The Kier molecular flexibility index (Phi) is 2.46. The van der Waals surface area contributed by atoms with Crippen molar-refractivity contribution in [1.82, 2.24) is 0 Å². The fourth-order valence-electron chi connectivity index (χ4n) is 3.27. The van der Waals surface area contributed by atoms with E-state index >= 15 is 0 Å². The molecular weight excluding hydrogens is 247 g/mol. The van der Waals surface area contributed by atoms with E-state index in [2.05, 4.69) is 18.2 Å². The number of benzene rings is 3. The predicted octanol–water partition coefficient (Wildman–Crippen LogP) is 2.09. The summed E-state index contributed by atoms with van der Waals surface area (Å²) >= 11 is 0. The van der Waals surface area contributed by atoms with E-state index in [9.17, 15) is 10.0 Å². The first-order chi connectivity index (χ1) is 9.75. The lowest BCUT2D eigenvalue weighted by molar-refractivity contribution is 0.426. The molecular formula is C17H13BO2. The Hall–Kier alpha value is -2.10. The van der Waals surface area contributed by atoms with Crippen molar-refractivity contribution >= 4 is 23.4 Å². The predicted molar refractivity (Wildman–Crippen MR) is 82.0 cm³/mol. The third-order valence-corrected chi connectivity index (χ3v) is 4.13. The summed E-state index contributed by atoms with van der Waals surface area (Å²) in [7, 11) is -1.44. The molecule has 0 aliphatic heterocycles. The smallest absolute Gasteiger partial charge is 0.423 e. The Morgan fingerprint density at radius 3 is 2.45 bits per heavy atom. The summed E-state index contributed by atoms with van der Waals surface area (Å²) in [4.78, 5) is 0. The molecule has 3 heteroatoms. The van der Waals surface area contributed by atoms with E-state index in [0.717, 1.165) is 28.3 Å². The number of hydrogen-bond donors (Lipinski definition) is 2. The van der Waals surface area contributed by atoms with Gasteiger partial charge in [0, 0.05) is 0 Å². The SMILES string of the molecule is OB(O)c1c2c(cc3ccccc13)-c1ccccc1C2. The second-order valence-electron chi connectivity index (χ2n) is 5.25. The molecule has 0 saturated carbocycles. The zero-order valence-corrected chi connectivity index (χ0v) is 10.9. The second kappa shape index (κ2) is 4.20. The van der Waals surface area contributed by atoms with Crippen LogP contribution in [0.5, 0.6) is 0 Å². The highest BCUT2D eigenvalue weighted by Gasteiger charge is 2.27. The number of rotatable bonds is 1. The van der Waals surface area contributed by atoms with Gasteiger partial charge < -0.3 is 10.0 Å². The molecule has 3 aromatic rings. The third-order valence-electron chi connectivity index (χ3n) is 4.13. The van der Waals surface area contributed by atoms with E-state index in [0.29, 0.717) is 5.46 Å². The lowest BCUT2D eigenvalue weighted by Crippen LogP contribution is -2.33. The molecule has 0 amide bonds. The van der Waals surface area contributed by atoms with Crippen molar-refractivity contribution in [3.05, 3.63) is 65.7 Å². The Bertz CT molecular complexity index is 824. The van der Waals surface area contributed by atoms with Gasteiger partial charge in [-0.05, 0) is 51.0 Å². The minimum absolute atomic E-state index is 0.648. The zero-order valence-electron chi connectivity index (χ0n) is 10.9. The van der Waals surface area contributed by atoms with E-state index < -0.39 is 7.12 Å². The summed E-state index contributed by atoms with van der Waals surface area (Å²) in [6, 6.07) is 18.3. The average Bonchev–Trinajstić information content (AvgIpc) is 2.82. The molecule has 2 N–H and O–H groups in total. The van der Waals surface area contributed by atoms with Gasteiger partial charge in [0.1, 0.15) is 0 Å². The van der Waals surface area contributed by atoms with Crippen molar-refractivity contribution in [2.75, 3.05) is 0 Å². The van der Waals surface area contributed by atoms with Crippen LogP contribution in [-0.2, 0) is 6.42 Å².